The van der Waals surface area contributed by atoms with E-state index in [1.54, 1.807) is 4.90 Å². The summed E-state index contributed by atoms with van der Waals surface area (Å²) in [5, 5.41) is 0.671. The van der Waals surface area contributed by atoms with Crippen molar-refractivity contribution in [1.29, 1.82) is 0 Å². The van der Waals surface area contributed by atoms with Crippen molar-refractivity contribution in [2.24, 2.45) is 10.9 Å². The van der Waals surface area contributed by atoms with Crippen molar-refractivity contribution in [1.82, 2.24) is 9.80 Å². The molecule has 2 aliphatic heterocycles. The summed E-state index contributed by atoms with van der Waals surface area (Å²) in [5.41, 5.74) is 0.963. The van der Waals surface area contributed by atoms with E-state index in [4.69, 9.17) is 16.6 Å². The van der Waals surface area contributed by atoms with E-state index in [1.807, 2.05) is 62.2 Å². The first-order valence-corrected chi connectivity index (χ1v) is 9.94. The van der Waals surface area contributed by atoms with Gasteiger partial charge in [0.1, 0.15) is 11.9 Å². The van der Waals surface area contributed by atoms with E-state index in [0.29, 0.717) is 23.8 Å². The number of likely N-dealkylation sites (tertiary alicyclic amines) is 1. The number of ketones is 1. The Hall–Kier alpha value is -2.14. The zero-order valence-corrected chi connectivity index (χ0v) is 16.8. The molecule has 1 saturated heterocycles. The van der Waals surface area contributed by atoms with Crippen molar-refractivity contribution >= 4 is 35.2 Å². The Morgan fingerprint density at radius 2 is 1.96 bits per heavy atom. The van der Waals surface area contributed by atoms with Crippen LogP contribution in [0.1, 0.15) is 38.7 Å². The minimum atomic E-state index is -0.545. The standard InChI is InChI=1S/C21H26ClN3O2/c1-4-7-16-19(26)18-20(25(12-5-2)21(16)27)23-17(24(18)3)11-10-14-8-6-9-15(22)13-14/h6,8-11,13,16,18,20H,4-5,7,12H2,1-3H3/b11-10+. The largest absolute Gasteiger partial charge is 0.346 e. The van der Waals surface area contributed by atoms with E-state index in [-0.39, 0.29) is 11.7 Å². The quantitative estimate of drug-likeness (QED) is 0.700. The van der Waals surface area contributed by atoms with Crippen LogP contribution in [0.15, 0.2) is 35.3 Å². The molecule has 144 valence electrons. The molecule has 0 N–H and O–H groups in total. The fourth-order valence-corrected chi connectivity index (χ4v) is 4.05. The first-order chi connectivity index (χ1) is 13.0. The third-order valence-corrected chi connectivity index (χ3v) is 5.41. The fraction of sp³-hybridized carbons (Fsp3) is 0.476. The highest BCUT2D eigenvalue weighted by molar-refractivity contribution is 6.30. The molecule has 1 aromatic rings. The average Bonchev–Trinajstić information content (AvgIpc) is 2.97. The van der Waals surface area contributed by atoms with Crippen molar-refractivity contribution < 1.29 is 9.59 Å². The number of nitrogens with zero attached hydrogens (tertiary/aromatic N) is 3. The van der Waals surface area contributed by atoms with Crippen LogP contribution in [-0.2, 0) is 9.59 Å². The maximum atomic E-state index is 13.0. The Morgan fingerprint density at radius 1 is 1.19 bits per heavy atom. The summed E-state index contributed by atoms with van der Waals surface area (Å²) in [7, 11) is 1.88. The Morgan fingerprint density at radius 3 is 2.63 bits per heavy atom. The number of Topliss-reactive ketones (excluding diaryl/α,β-unsaturated/α-hetero) is 1. The minimum Gasteiger partial charge on any atom is -0.346 e. The average molecular weight is 388 g/mol. The van der Waals surface area contributed by atoms with E-state index in [0.717, 1.165) is 18.4 Å². The van der Waals surface area contributed by atoms with E-state index in [9.17, 15) is 9.59 Å². The van der Waals surface area contributed by atoms with E-state index in [1.165, 1.54) is 0 Å². The lowest BCUT2D eigenvalue weighted by atomic mass is 9.86. The van der Waals surface area contributed by atoms with Gasteiger partial charge in [-0.1, -0.05) is 50.1 Å². The molecule has 6 heteroatoms. The first-order valence-electron chi connectivity index (χ1n) is 9.56. The Labute approximate surface area is 165 Å². The molecule has 0 saturated carbocycles. The number of carbonyl (C=O) groups is 2. The zero-order valence-electron chi connectivity index (χ0n) is 16.1. The van der Waals surface area contributed by atoms with Gasteiger partial charge in [0.2, 0.25) is 5.91 Å². The number of amidine groups is 1. The van der Waals surface area contributed by atoms with Crippen molar-refractivity contribution in [3.8, 4) is 0 Å². The molecule has 3 atom stereocenters. The number of halogens is 1. The number of hydrogen-bond donors (Lipinski definition) is 0. The summed E-state index contributed by atoms with van der Waals surface area (Å²) in [6.45, 7) is 4.66. The molecule has 0 spiro atoms. The van der Waals surface area contributed by atoms with Crippen LogP contribution >= 0.6 is 11.6 Å². The summed E-state index contributed by atoms with van der Waals surface area (Å²) in [6, 6.07) is 7.15. The summed E-state index contributed by atoms with van der Waals surface area (Å²) < 4.78 is 0. The van der Waals surface area contributed by atoms with Crippen molar-refractivity contribution in [3.05, 3.63) is 40.9 Å². The van der Waals surface area contributed by atoms with Crippen LogP contribution < -0.4 is 0 Å². The maximum Gasteiger partial charge on any atom is 0.235 e. The van der Waals surface area contributed by atoms with Crippen LogP contribution in [0.4, 0.5) is 0 Å². The van der Waals surface area contributed by atoms with E-state index >= 15 is 0 Å². The van der Waals surface area contributed by atoms with Gasteiger partial charge in [0, 0.05) is 18.6 Å². The highest BCUT2D eigenvalue weighted by atomic mass is 35.5. The van der Waals surface area contributed by atoms with E-state index in [2.05, 4.69) is 0 Å². The number of rotatable bonds is 6. The number of hydrogen-bond acceptors (Lipinski definition) is 4. The van der Waals surface area contributed by atoms with Gasteiger partial charge in [-0.15, -0.1) is 0 Å². The van der Waals surface area contributed by atoms with E-state index < -0.39 is 18.1 Å². The number of likely N-dealkylation sites (N-methyl/N-ethyl adjacent to an activating group) is 1. The van der Waals surface area contributed by atoms with Crippen LogP contribution in [-0.4, -0.2) is 53.1 Å². The number of amides is 1. The second-order valence-electron chi connectivity index (χ2n) is 7.12. The molecule has 1 aromatic carbocycles. The molecule has 2 heterocycles. The van der Waals surface area contributed by atoms with Crippen molar-refractivity contribution in [2.45, 2.75) is 45.3 Å². The monoisotopic (exact) mass is 387 g/mol. The third-order valence-electron chi connectivity index (χ3n) is 5.18. The number of fused-ring (bicyclic) bond motifs is 1. The number of piperidine rings is 1. The lowest BCUT2D eigenvalue weighted by Gasteiger charge is -2.40. The first kappa shape index (κ1) is 19.6. The second kappa shape index (κ2) is 8.26. The Kier molecular flexibility index (Phi) is 6.00. The van der Waals surface area contributed by atoms with Crippen LogP contribution in [0.25, 0.3) is 6.08 Å². The molecule has 2 aliphatic rings. The number of carbonyl (C=O) groups excluding carboxylic acids is 2. The van der Waals surface area contributed by atoms with Gasteiger partial charge >= 0.3 is 0 Å². The minimum absolute atomic E-state index is 0.00314. The highest BCUT2D eigenvalue weighted by Gasteiger charge is 2.51. The fourth-order valence-electron chi connectivity index (χ4n) is 3.86. The van der Waals surface area contributed by atoms with Crippen LogP contribution in [0, 0.1) is 5.92 Å². The maximum absolute atomic E-state index is 13.0. The normalized spacial score (nSPS) is 25.3. The van der Waals surface area contributed by atoms with Gasteiger partial charge in [0.05, 0.1) is 5.92 Å². The number of aliphatic imine (C=N–C) groups is 1. The summed E-state index contributed by atoms with van der Waals surface area (Å²) in [5.74, 6) is 0.0971. The van der Waals surface area contributed by atoms with Gasteiger partial charge in [-0.05, 0) is 36.6 Å². The van der Waals surface area contributed by atoms with Gasteiger partial charge in [-0.3, -0.25) is 9.59 Å². The molecule has 3 unspecified atom stereocenters. The summed E-state index contributed by atoms with van der Waals surface area (Å²) in [4.78, 5) is 34.3. The lowest BCUT2D eigenvalue weighted by Crippen LogP contribution is -2.61. The molecule has 1 amide bonds. The molecule has 0 aromatic heterocycles. The predicted molar refractivity (Wildman–Crippen MR) is 109 cm³/mol. The predicted octanol–water partition coefficient (Wildman–Crippen LogP) is 3.63. The molecule has 0 bridgehead atoms. The third kappa shape index (κ3) is 3.79. The van der Waals surface area contributed by atoms with Crippen LogP contribution in [0.3, 0.4) is 0 Å². The topological polar surface area (TPSA) is 53.0 Å². The van der Waals surface area contributed by atoms with Gasteiger partial charge in [-0.2, -0.15) is 0 Å². The van der Waals surface area contributed by atoms with Gasteiger partial charge in [0.25, 0.3) is 0 Å². The Balaban J connectivity index is 1.89. The van der Waals surface area contributed by atoms with Gasteiger partial charge in [-0.25, -0.2) is 4.99 Å². The molecule has 0 radical (unpaired) electrons. The van der Waals surface area contributed by atoms with Gasteiger partial charge < -0.3 is 9.80 Å². The zero-order chi connectivity index (χ0) is 19.6. The van der Waals surface area contributed by atoms with Gasteiger partial charge in [0.15, 0.2) is 11.9 Å². The molecule has 0 aliphatic carbocycles. The molecular formula is C21H26ClN3O2. The van der Waals surface area contributed by atoms with Crippen LogP contribution in [0.2, 0.25) is 5.02 Å². The SMILES string of the molecule is CCCC1C(=O)C2C(N=C(/C=C/c3cccc(Cl)c3)N2C)N(CCC)C1=O. The summed E-state index contributed by atoms with van der Waals surface area (Å²) in [6.07, 6.45) is 5.64. The lowest BCUT2D eigenvalue weighted by molar-refractivity contribution is -0.152. The molecular weight excluding hydrogens is 362 g/mol. The van der Waals surface area contributed by atoms with Crippen molar-refractivity contribution in [2.75, 3.05) is 13.6 Å². The molecule has 1 fully saturated rings. The molecule has 27 heavy (non-hydrogen) atoms. The molecule has 3 rings (SSSR count). The molecule has 5 nitrogen and oxygen atoms in total. The number of benzene rings is 1. The highest BCUT2D eigenvalue weighted by Crippen LogP contribution is 2.32. The smallest absolute Gasteiger partial charge is 0.235 e. The van der Waals surface area contributed by atoms with Crippen LogP contribution in [0.5, 0.6) is 0 Å². The Bertz CT molecular complexity index is 789. The second-order valence-corrected chi connectivity index (χ2v) is 7.56. The summed E-state index contributed by atoms with van der Waals surface area (Å²) >= 11 is 6.04. The van der Waals surface area contributed by atoms with Crippen molar-refractivity contribution in [3.63, 3.8) is 0 Å².